The molecule has 0 radical (unpaired) electrons. The Labute approximate surface area is 128 Å². The van der Waals surface area contributed by atoms with E-state index in [0.29, 0.717) is 12.7 Å². The number of likely N-dealkylation sites (N-methyl/N-ethyl adjacent to an activating group) is 1. The van der Waals surface area contributed by atoms with Gasteiger partial charge in [-0.1, -0.05) is 31.2 Å². The minimum absolute atomic E-state index is 0.303. The fourth-order valence-electron chi connectivity index (χ4n) is 2.64. The van der Waals surface area contributed by atoms with Crippen molar-refractivity contribution < 1.29 is 9.47 Å². The third-order valence-electron chi connectivity index (χ3n) is 3.94. The van der Waals surface area contributed by atoms with Crippen LogP contribution in [0.15, 0.2) is 24.3 Å². The second kappa shape index (κ2) is 9.15. The molecule has 21 heavy (non-hydrogen) atoms. The second-order valence-electron chi connectivity index (χ2n) is 5.42. The standard InChI is InChI=1S/C17H28N2O2/c1-3-19-9-10-21-17(13-19)12-18-11-15-7-5-6-8-16(15)14-20-4-2/h5-8,17-18H,3-4,9-14H2,1-2H3. The van der Waals surface area contributed by atoms with Gasteiger partial charge in [0.05, 0.1) is 19.3 Å². The average Bonchev–Trinajstić information content (AvgIpc) is 2.54. The van der Waals surface area contributed by atoms with Crippen LogP contribution in [0.3, 0.4) is 0 Å². The Morgan fingerprint density at radius 3 is 2.86 bits per heavy atom. The van der Waals surface area contributed by atoms with Crippen molar-refractivity contribution in [1.82, 2.24) is 10.2 Å². The zero-order valence-corrected chi connectivity index (χ0v) is 13.3. The number of ether oxygens (including phenoxy) is 2. The zero-order chi connectivity index (χ0) is 14.9. The quantitative estimate of drug-likeness (QED) is 0.795. The van der Waals surface area contributed by atoms with Crippen LogP contribution in [-0.4, -0.2) is 50.4 Å². The molecule has 0 aliphatic carbocycles. The van der Waals surface area contributed by atoms with Crippen molar-refractivity contribution in [3.8, 4) is 0 Å². The number of nitrogens with one attached hydrogen (secondary N) is 1. The minimum Gasteiger partial charge on any atom is -0.377 e. The van der Waals surface area contributed by atoms with E-state index in [1.165, 1.54) is 11.1 Å². The molecule has 1 aliphatic rings. The van der Waals surface area contributed by atoms with Crippen LogP contribution >= 0.6 is 0 Å². The fourth-order valence-corrected chi connectivity index (χ4v) is 2.64. The van der Waals surface area contributed by atoms with Crippen LogP contribution in [0.2, 0.25) is 0 Å². The van der Waals surface area contributed by atoms with Gasteiger partial charge in [-0.2, -0.15) is 0 Å². The Hall–Kier alpha value is -0.940. The van der Waals surface area contributed by atoms with Crippen molar-refractivity contribution in [1.29, 1.82) is 0 Å². The molecular weight excluding hydrogens is 264 g/mol. The molecule has 1 fully saturated rings. The van der Waals surface area contributed by atoms with Gasteiger partial charge in [-0.3, -0.25) is 4.90 Å². The molecular formula is C17H28N2O2. The zero-order valence-electron chi connectivity index (χ0n) is 13.3. The summed E-state index contributed by atoms with van der Waals surface area (Å²) in [5.74, 6) is 0. The lowest BCUT2D eigenvalue weighted by molar-refractivity contribution is -0.0253. The van der Waals surface area contributed by atoms with Gasteiger partial charge in [0.25, 0.3) is 0 Å². The molecule has 1 aromatic rings. The summed E-state index contributed by atoms with van der Waals surface area (Å²) in [4.78, 5) is 2.44. The predicted molar refractivity (Wildman–Crippen MR) is 85.3 cm³/mol. The molecule has 0 aromatic heterocycles. The molecule has 1 atom stereocenters. The molecule has 0 spiro atoms. The maximum Gasteiger partial charge on any atom is 0.0826 e. The molecule has 1 N–H and O–H groups in total. The molecule has 0 amide bonds. The fraction of sp³-hybridized carbons (Fsp3) is 0.647. The summed E-state index contributed by atoms with van der Waals surface area (Å²) in [7, 11) is 0. The Kier molecular flexibility index (Phi) is 7.16. The van der Waals surface area contributed by atoms with Gasteiger partial charge in [0.15, 0.2) is 0 Å². The molecule has 4 heteroatoms. The largest absolute Gasteiger partial charge is 0.377 e. The first kappa shape index (κ1) is 16.4. The summed E-state index contributed by atoms with van der Waals surface area (Å²) in [5.41, 5.74) is 2.58. The monoisotopic (exact) mass is 292 g/mol. The van der Waals surface area contributed by atoms with Crippen LogP contribution in [-0.2, 0) is 22.6 Å². The Balaban J connectivity index is 1.77. The number of morpholine rings is 1. The van der Waals surface area contributed by atoms with Crippen molar-refractivity contribution in [2.75, 3.05) is 39.4 Å². The van der Waals surface area contributed by atoms with E-state index in [9.17, 15) is 0 Å². The molecule has 1 saturated heterocycles. The van der Waals surface area contributed by atoms with Crippen LogP contribution in [0.1, 0.15) is 25.0 Å². The molecule has 1 aromatic carbocycles. The summed E-state index contributed by atoms with van der Waals surface area (Å²) >= 11 is 0. The molecule has 2 rings (SSSR count). The van der Waals surface area contributed by atoms with Gasteiger partial charge in [0, 0.05) is 32.8 Å². The lowest BCUT2D eigenvalue weighted by Gasteiger charge is -2.32. The molecule has 4 nitrogen and oxygen atoms in total. The first-order valence-corrected chi connectivity index (χ1v) is 8.02. The van der Waals surface area contributed by atoms with Crippen LogP contribution in [0.4, 0.5) is 0 Å². The van der Waals surface area contributed by atoms with Gasteiger partial charge in [-0.15, -0.1) is 0 Å². The molecule has 1 unspecified atom stereocenters. The molecule has 118 valence electrons. The molecule has 0 saturated carbocycles. The number of hydrogen-bond donors (Lipinski definition) is 1. The first-order valence-electron chi connectivity index (χ1n) is 8.02. The highest BCUT2D eigenvalue weighted by atomic mass is 16.5. The highest BCUT2D eigenvalue weighted by Gasteiger charge is 2.18. The third kappa shape index (κ3) is 5.40. The van der Waals surface area contributed by atoms with E-state index in [1.54, 1.807) is 0 Å². The van der Waals surface area contributed by atoms with Crippen molar-refractivity contribution in [3.63, 3.8) is 0 Å². The number of rotatable bonds is 8. The smallest absolute Gasteiger partial charge is 0.0826 e. The minimum atomic E-state index is 0.303. The summed E-state index contributed by atoms with van der Waals surface area (Å²) in [6, 6.07) is 8.47. The third-order valence-corrected chi connectivity index (χ3v) is 3.94. The maximum atomic E-state index is 5.81. The van der Waals surface area contributed by atoms with Gasteiger partial charge < -0.3 is 14.8 Å². The van der Waals surface area contributed by atoms with Crippen LogP contribution in [0.5, 0.6) is 0 Å². The van der Waals surface area contributed by atoms with Gasteiger partial charge in [-0.25, -0.2) is 0 Å². The highest BCUT2D eigenvalue weighted by Crippen LogP contribution is 2.10. The van der Waals surface area contributed by atoms with Gasteiger partial charge in [-0.05, 0) is 24.6 Å². The van der Waals surface area contributed by atoms with Gasteiger partial charge in [0.2, 0.25) is 0 Å². The van der Waals surface area contributed by atoms with Gasteiger partial charge >= 0.3 is 0 Å². The van der Waals surface area contributed by atoms with E-state index in [4.69, 9.17) is 9.47 Å². The molecule has 0 bridgehead atoms. The maximum absolute atomic E-state index is 5.81. The highest BCUT2D eigenvalue weighted by molar-refractivity contribution is 5.26. The van der Waals surface area contributed by atoms with Crippen molar-refractivity contribution >= 4 is 0 Å². The summed E-state index contributed by atoms with van der Waals surface area (Å²) in [6.07, 6.45) is 0.303. The lowest BCUT2D eigenvalue weighted by atomic mass is 10.1. The number of benzene rings is 1. The van der Waals surface area contributed by atoms with E-state index in [0.717, 1.165) is 45.9 Å². The second-order valence-corrected chi connectivity index (χ2v) is 5.42. The molecule has 1 heterocycles. The Morgan fingerprint density at radius 2 is 2.10 bits per heavy atom. The van der Waals surface area contributed by atoms with E-state index in [-0.39, 0.29) is 0 Å². The number of nitrogens with zero attached hydrogens (tertiary/aromatic N) is 1. The Morgan fingerprint density at radius 1 is 1.29 bits per heavy atom. The van der Waals surface area contributed by atoms with E-state index >= 15 is 0 Å². The topological polar surface area (TPSA) is 33.7 Å². The SMILES string of the molecule is CCOCc1ccccc1CNCC1CN(CC)CCO1. The lowest BCUT2D eigenvalue weighted by Crippen LogP contribution is -2.46. The van der Waals surface area contributed by atoms with E-state index in [2.05, 4.69) is 41.4 Å². The van der Waals surface area contributed by atoms with Crippen molar-refractivity contribution in [3.05, 3.63) is 35.4 Å². The van der Waals surface area contributed by atoms with Crippen LogP contribution in [0, 0.1) is 0 Å². The van der Waals surface area contributed by atoms with E-state index < -0.39 is 0 Å². The van der Waals surface area contributed by atoms with Crippen LogP contribution < -0.4 is 5.32 Å². The summed E-state index contributed by atoms with van der Waals surface area (Å²) in [6.45, 7) is 11.5. The summed E-state index contributed by atoms with van der Waals surface area (Å²) in [5, 5.41) is 3.53. The normalized spacial score (nSPS) is 19.8. The number of hydrogen-bond acceptors (Lipinski definition) is 4. The first-order chi connectivity index (χ1) is 10.3. The molecule has 1 aliphatic heterocycles. The summed E-state index contributed by atoms with van der Waals surface area (Å²) < 4.78 is 11.3. The van der Waals surface area contributed by atoms with Crippen LogP contribution in [0.25, 0.3) is 0 Å². The van der Waals surface area contributed by atoms with Gasteiger partial charge in [0.1, 0.15) is 0 Å². The average molecular weight is 292 g/mol. The van der Waals surface area contributed by atoms with Crippen molar-refractivity contribution in [2.24, 2.45) is 0 Å². The predicted octanol–water partition coefficient (Wildman–Crippen LogP) is 2.03. The van der Waals surface area contributed by atoms with Crippen molar-refractivity contribution in [2.45, 2.75) is 33.1 Å². The van der Waals surface area contributed by atoms with E-state index in [1.807, 2.05) is 6.92 Å². The Bertz CT molecular complexity index is 412.